The topological polar surface area (TPSA) is 20.2 Å². The van der Waals surface area contributed by atoms with Crippen LogP contribution in [0.15, 0.2) is 36.0 Å². The van der Waals surface area contributed by atoms with Gasteiger partial charge in [-0.3, -0.25) is 0 Å². The van der Waals surface area contributed by atoms with Gasteiger partial charge in [-0.25, -0.2) is 0 Å². The van der Waals surface area contributed by atoms with Crippen molar-refractivity contribution in [1.29, 1.82) is 0 Å². The van der Waals surface area contributed by atoms with E-state index >= 15 is 0 Å². The lowest BCUT2D eigenvalue weighted by Gasteiger charge is -2.32. The maximum Gasteiger partial charge on any atom is 0.0459 e. The molecule has 1 saturated carbocycles. The fourth-order valence-electron chi connectivity index (χ4n) is 2.90. The quantitative estimate of drug-likeness (QED) is 0.570. The molecular formula is C21H38O. The summed E-state index contributed by atoms with van der Waals surface area (Å²) in [7, 11) is 0. The zero-order valence-corrected chi connectivity index (χ0v) is 15.6. The molecule has 1 N–H and O–H groups in total. The first-order valence-corrected chi connectivity index (χ1v) is 9.14. The molecule has 0 aromatic rings. The minimum Gasteiger partial charge on any atom is -0.396 e. The van der Waals surface area contributed by atoms with Gasteiger partial charge in [-0.2, -0.15) is 0 Å². The van der Waals surface area contributed by atoms with E-state index in [1.54, 1.807) is 0 Å². The van der Waals surface area contributed by atoms with E-state index in [9.17, 15) is 5.11 Å². The molecule has 0 amide bonds. The minimum absolute atomic E-state index is 0.331. The summed E-state index contributed by atoms with van der Waals surface area (Å²) in [5.74, 6) is 1.83. The predicted molar refractivity (Wildman–Crippen MR) is 100.0 cm³/mol. The Kier molecular flexibility index (Phi) is 12.2. The van der Waals surface area contributed by atoms with Crippen molar-refractivity contribution in [2.75, 3.05) is 6.61 Å². The van der Waals surface area contributed by atoms with E-state index in [4.69, 9.17) is 0 Å². The van der Waals surface area contributed by atoms with Crippen molar-refractivity contribution >= 4 is 0 Å². The fraction of sp³-hybridized carbons (Fsp3) is 0.714. The molecule has 0 radical (unpaired) electrons. The van der Waals surface area contributed by atoms with Gasteiger partial charge >= 0.3 is 0 Å². The van der Waals surface area contributed by atoms with Crippen LogP contribution in [0.2, 0.25) is 0 Å². The number of allylic oxidation sites excluding steroid dienone is 5. The monoisotopic (exact) mass is 306 g/mol. The van der Waals surface area contributed by atoms with E-state index in [1.807, 2.05) is 6.08 Å². The van der Waals surface area contributed by atoms with Gasteiger partial charge in [0.15, 0.2) is 0 Å². The first-order chi connectivity index (χ1) is 10.5. The first kappa shape index (κ1) is 21.2. The second-order valence-corrected chi connectivity index (χ2v) is 6.72. The summed E-state index contributed by atoms with van der Waals surface area (Å²) in [5.41, 5.74) is 2.81. The molecule has 128 valence electrons. The van der Waals surface area contributed by atoms with Gasteiger partial charge in [0.25, 0.3) is 0 Å². The second kappa shape index (κ2) is 12.7. The van der Waals surface area contributed by atoms with E-state index in [0.717, 1.165) is 6.42 Å². The van der Waals surface area contributed by atoms with E-state index in [0.29, 0.717) is 24.4 Å². The number of rotatable bonds is 6. The van der Waals surface area contributed by atoms with Crippen molar-refractivity contribution in [1.82, 2.24) is 0 Å². The summed E-state index contributed by atoms with van der Waals surface area (Å²) < 4.78 is 0. The molecule has 0 aliphatic heterocycles. The molecule has 0 heterocycles. The smallest absolute Gasteiger partial charge is 0.0459 e. The third-order valence-corrected chi connectivity index (χ3v) is 4.69. The molecule has 1 rings (SSSR count). The molecule has 1 fully saturated rings. The van der Waals surface area contributed by atoms with Gasteiger partial charge in [0.1, 0.15) is 0 Å². The van der Waals surface area contributed by atoms with E-state index < -0.39 is 0 Å². The Morgan fingerprint density at radius 3 is 2.09 bits per heavy atom. The predicted octanol–water partition coefficient (Wildman–Crippen LogP) is 6.31. The van der Waals surface area contributed by atoms with Crippen molar-refractivity contribution in [3.63, 3.8) is 0 Å². The standard InChI is InChI=1S/C18H30O.C3H8/c1-5-14(3)7-8-16(6-2)18-11-9-17(10-12-18)15(4)13-19;1-3-2/h6-8,15,17-19H,2,5,9-13H2,1,3-4H3;3H2,1-2H3/b14-7+,16-8+;. The summed E-state index contributed by atoms with van der Waals surface area (Å²) in [6.07, 6.45) is 13.9. The lowest BCUT2D eigenvalue weighted by molar-refractivity contribution is 0.150. The zero-order valence-electron chi connectivity index (χ0n) is 15.6. The van der Waals surface area contributed by atoms with Gasteiger partial charge in [-0.05, 0) is 62.4 Å². The van der Waals surface area contributed by atoms with Crippen molar-refractivity contribution in [3.8, 4) is 0 Å². The lowest BCUT2D eigenvalue weighted by atomic mass is 9.74. The van der Waals surface area contributed by atoms with Crippen molar-refractivity contribution in [3.05, 3.63) is 36.0 Å². The lowest BCUT2D eigenvalue weighted by Crippen LogP contribution is -2.22. The minimum atomic E-state index is 0.331. The first-order valence-electron chi connectivity index (χ1n) is 9.14. The Balaban J connectivity index is 0.00000135. The van der Waals surface area contributed by atoms with Crippen molar-refractivity contribution in [2.24, 2.45) is 17.8 Å². The number of hydrogen-bond donors (Lipinski definition) is 1. The number of hydrogen-bond acceptors (Lipinski definition) is 1. The van der Waals surface area contributed by atoms with Gasteiger partial charge in [0, 0.05) is 6.61 Å². The Bertz CT molecular complexity index is 343. The molecule has 22 heavy (non-hydrogen) atoms. The van der Waals surface area contributed by atoms with Crippen LogP contribution in [0.5, 0.6) is 0 Å². The van der Waals surface area contributed by atoms with Crippen LogP contribution in [0.4, 0.5) is 0 Å². The Labute approximate surface area is 139 Å². The fourth-order valence-corrected chi connectivity index (χ4v) is 2.90. The molecule has 1 nitrogen and oxygen atoms in total. The van der Waals surface area contributed by atoms with Gasteiger partial charge in [0.05, 0.1) is 0 Å². The zero-order chi connectivity index (χ0) is 17.0. The molecule has 0 aromatic carbocycles. The maximum atomic E-state index is 9.25. The third-order valence-electron chi connectivity index (χ3n) is 4.69. The normalized spacial score (nSPS) is 24.3. The molecule has 1 aliphatic rings. The molecule has 0 spiro atoms. The van der Waals surface area contributed by atoms with Crippen LogP contribution in [-0.2, 0) is 0 Å². The average molecular weight is 307 g/mol. The van der Waals surface area contributed by atoms with Crippen LogP contribution in [0, 0.1) is 17.8 Å². The maximum absolute atomic E-state index is 9.25. The second-order valence-electron chi connectivity index (χ2n) is 6.72. The van der Waals surface area contributed by atoms with Crippen LogP contribution in [0.1, 0.15) is 73.1 Å². The average Bonchev–Trinajstić information content (AvgIpc) is 2.55. The summed E-state index contributed by atoms with van der Waals surface area (Å²) >= 11 is 0. The largest absolute Gasteiger partial charge is 0.396 e. The van der Waals surface area contributed by atoms with Gasteiger partial charge in [-0.1, -0.05) is 64.5 Å². The summed E-state index contributed by atoms with van der Waals surface area (Å²) in [5, 5.41) is 9.25. The van der Waals surface area contributed by atoms with Crippen molar-refractivity contribution < 1.29 is 5.11 Å². The molecule has 1 aliphatic carbocycles. The summed E-state index contributed by atoms with van der Waals surface area (Å²) in [6, 6.07) is 0. The van der Waals surface area contributed by atoms with Crippen LogP contribution < -0.4 is 0 Å². The third kappa shape index (κ3) is 7.98. The highest BCUT2D eigenvalue weighted by Crippen LogP contribution is 2.37. The molecule has 1 unspecified atom stereocenters. The number of aliphatic hydroxyl groups excluding tert-OH is 1. The SMILES string of the molecule is C=C/C(=C\C=C(/C)CC)C1CCC(C(C)CO)CC1.CCC. The Hall–Kier alpha value is -0.820. The highest BCUT2D eigenvalue weighted by Gasteiger charge is 2.25. The van der Waals surface area contributed by atoms with Gasteiger partial charge < -0.3 is 5.11 Å². The molecule has 0 saturated heterocycles. The molecule has 1 atom stereocenters. The summed E-state index contributed by atoms with van der Waals surface area (Å²) in [6.45, 7) is 15.1. The molecule has 0 aromatic heterocycles. The molecule has 1 heteroatoms. The van der Waals surface area contributed by atoms with Crippen LogP contribution in [-0.4, -0.2) is 11.7 Å². The van der Waals surface area contributed by atoms with Crippen molar-refractivity contribution in [2.45, 2.75) is 73.1 Å². The number of aliphatic hydroxyl groups is 1. The molecule has 0 bridgehead atoms. The van der Waals surface area contributed by atoms with Crippen LogP contribution in [0.25, 0.3) is 0 Å². The Morgan fingerprint density at radius 2 is 1.68 bits per heavy atom. The highest BCUT2D eigenvalue weighted by atomic mass is 16.3. The van der Waals surface area contributed by atoms with E-state index in [-0.39, 0.29) is 0 Å². The van der Waals surface area contributed by atoms with E-state index in [2.05, 4.69) is 53.3 Å². The molecular weight excluding hydrogens is 268 g/mol. The van der Waals surface area contributed by atoms with Gasteiger partial charge in [0.2, 0.25) is 0 Å². The Morgan fingerprint density at radius 1 is 1.14 bits per heavy atom. The van der Waals surface area contributed by atoms with Crippen LogP contribution >= 0.6 is 0 Å². The van der Waals surface area contributed by atoms with Crippen LogP contribution in [0.3, 0.4) is 0 Å². The highest BCUT2D eigenvalue weighted by molar-refractivity contribution is 5.26. The summed E-state index contributed by atoms with van der Waals surface area (Å²) in [4.78, 5) is 0. The van der Waals surface area contributed by atoms with Gasteiger partial charge in [-0.15, -0.1) is 0 Å². The van der Waals surface area contributed by atoms with E-state index in [1.165, 1.54) is 43.3 Å².